The van der Waals surface area contributed by atoms with Gasteiger partial charge in [-0.15, -0.1) is 0 Å². The molecule has 152 valence electrons. The van der Waals surface area contributed by atoms with Crippen LogP contribution in [-0.2, 0) is 6.54 Å². The van der Waals surface area contributed by atoms with Crippen molar-refractivity contribution in [3.05, 3.63) is 53.1 Å². The summed E-state index contributed by atoms with van der Waals surface area (Å²) in [5.41, 5.74) is 1.90. The van der Waals surface area contributed by atoms with Crippen molar-refractivity contribution in [2.75, 3.05) is 20.2 Å². The van der Waals surface area contributed by atoms with E-state index in [4.69, 9.17) is 21.1 Å². The predicted octanol–water partition coefficient (Wildman–Crippen LogP) is 4.71. The average Bonchev–Trinajstić information content (AvgIpc) is 3.15. The minimum absolute atomic E-state index is 0.0505. The highest BCUT2D eigenvalue weighted by Gasteiger charge is 2.24. The third-order valence-electron chi connectivity index (χ3n) is 4.93. The number of urea groups is 1. The number of halogens is 1. The molecule has 1 fully saturated rings. The maximum atomic E-state index is 12.4. The van der Waals surface area contributed by atoms with Gasteiger partial charge in [0.25, 0.3) is 5.19 Å². The summed E-state index contributed by atoms with van der Waals surface area (Å²) in [4.78, 5) is 18.8. The molecule has 1 saturated heterocycles. The van der Waals surface area contributed by atoms with E-state index in [-0.39, 0.29) is 12.1 Å². The number of thiazole rings is 1. The van der Waals surface area contributed by atoms with E-state index in [0.29, 0.717) is 29.9 Å². The Labute approximate surface area is 178 Å². The molecule has 0 aliphatic carbocycles. The van der Waals surface area contributed by atoms with Gasteiger partial charge in [-0.25, -0.2) is 9.78 Å². The van der Waals surface area contributed by atoms with Crippen LogP contribution in [0.5, 0.6) is 10.9 Å². The number of nitrogens with zero attached hydrogens (tertiary/aromatic N) is 2. The number of likely N-dealkylation sites (tertiary alicyclic amines) is 1. The summed E-state index contributed by atoms with van der Waals surface area (Å²) in [6.07, 6.45) is 1.64. The average molecular weight is 432 g/mol. The Morgan fingerprint density at radius 1 is 1.24 bits per heavy atom. The monoisotopic (exact) mass is 431 g/mol. The Bertz CT molecular complexity index is 985. The second-order valence-corrected chi connectivity index (χ2v) is 8.33. The molecule has 0 atom stereocenters. The van der Waals surface area contributed by atoms with Crippen LogP contribution in [0.2, 0.25) is 5.02 Å². The Morgan fingerprint density at radius 2 is 2.00 bits per heavy atom. The highest BCUT2D eigenvalue weighted by Crippen LogP contribution is 2.31. The third-order valence-corrected chi connectivity index (χ3v) is 6.11. The Hall–Kier alpha value is -2.51. The van der Waals surface area contributed by atoms with Gasteiger partial charge >= 0.3 is 6.03 Å². The molecule has 0 spiro atoms. The van der Waals surface area contributed by atoms with Crippen molar-refractivity contribution in [1.29, 1.82) is 0 Å². The highest BCUT2D eigenvalue weighted by atomic mass is 35.5. The molecular weight excluding hydrogens is 410 g/mol. The zero-order valence-electron chi connectivity index (χ0n) is 16.1. The minimum Gasteiger partial charge on any atom is -0.497 e. The van der Waals surface area contributed by atoms with Crippen LogP contribution in [0, 0.1) is 0 Å². The van der Waals surface area contributed by atoms with E-state index in [0.717, 1.165) is 34.4 Å². The number of ether oxygens (including phenoxy) is 2. The van der Waals surface area contributed by atoms with E-state index in [2.05, 4.69) is 10.3 Å². The van der Waals surface area contributed by atoms with Crippen molar-refractivity contribution < 1.29 is 14.3 Å². The maximum Gasteiger partial charge on any atom is 0.317 e. The molecule has 29 heavy (non-hydrogen) atoms. The van der Waals surface area contributed by atoms with Crippen molar-refractivity contribution in [3.8, 4) is 10.9 Å². The molecule has 6 nitrogen and oxygen atoms in total. The predicted molar refractivity (Wildman–Crippen MR) is 115 cm³/mol. The molecule has 2 amide bonds. The molecule has 0 unspecified atom stereocenters. The lowest BCUT2D eigenvalue weighted by Crippen LogP contribution is -2.46. The van der Waals surface area contributed by atoms with Gasteiger partial charge in [-0.3, -0.25) is 0 Å². The number of fused-ring (bicyclic) bond motifs is 1. The van der Waals surface area contributed by atoms with Gasteiger partial charge in [0, 0.05) is 43.6 Å². The second-order valence-electron chi connectivity index (χ2n) is 6.90. The first-order chi connectivity index (χ1) is 14.1. The van der Waals surface area contributed by atoms with Crippen LogP contribution in [0.15, 0.2) is 42.5 Å². The molecule has 0 radical (unpaired) electrons. The summed E-state index contributed by atoms with van der Waals surface area (Å²) in [6.45, 7) is 1.81. The molecule has 4 rings (SSSR count). The summed E-state index contributed by atoms with van der Waals surface area (Å²) >= 11 is 7.42. The van der Waals surface area contributed by atoms with Crippen LogP contribution in [-0.4, -0.2) is 42.2 Å². The van der Waals surface area contributed by atoms with Crippen LogP contribution < -0.4 is 14.8 Å². The van der Waals surface area contributed by atoms with E-state index < -0.39 is 0 Å². The fraction of sp³-hybridized carbons (Fsp3) is 0.333. The lowest BCUT2D eigenvalue weighted by atomic mass is 10.1. The fourth-order valence-corrected chi connectivity index (χ4v) is 4.26. The summed E-state index contributed by atoms with van der Waals surface area (Å²) in [7, 11) is 1.64. The number of nitrogens with one attached hydrogen (secondary N) is 1. The summed E-state index contributed by atoms with van der Waals surface area (Å²) in [5, 5.41) is 4.32. The van der Waals surface area contributed by atoms with Gasteiger partial charge in [0.05, 0.1) is 17.3 Å². The van der Waals surface area contributed by atoms with Gasteiger partial charge in [-0.2, -0.15) is 0 Å². The smallest absolute Gasteiger partial charge is 0.317 e. The molecule has 8 heteroatoms. The topological polar surface area (TPSA) is 63.7 Å². The Balaban J connectivity index is 1.26. The van der Waals surface area contributed by atoms with Crippen LogP contribution in [0.4, 0.5) is 4.79 Å². The van der Waals surface area contributed by atoms with Gasteiger partial charge in [-0.1, -0.05) is 35.1 Å². The number of rotatable bonds is 5. The molecule has 1 aliphatic heterocycles. The first-order valence-corrected chi connectivity index (χ1v) is 10.7. The first-order valence-electron chi connectivity index (χ1n) is 9.49. The molecule has 2 aromatic carbocycles. The van der Waals surface area contributed by atoms with Crippen molar-refractivity contribution in [2.24, 2.45) is 0 Å². The molecule has 1 aromatic heterocycles. The second kappa shape index (κ2) is 8.88. The van der Waals surface area contributed by atoms with E-state index >= 15 is 0 Å². The first kappa shape index (κ1) is 19.8. The zero-order valence-corrected chi connectivity index (χ0v) is 17.6. The van der Waals surface area contributed by atoms with Crippen LogP contribution >= 0.6 is 22.9 Å². The lowest BCUT2D eigenvalue weighted by Gasteiger charge is -2.31. The number of aromatic nitrogens is 1. The quantitative estimate of drug-likeness (QED) is 0.635. The number of hydrogen-bond acceptors (Lipinski definition) is 5. The highest BCUT2D eigenvalue weighted by molar-refractivity contribution is 7.20. The molecule has 0 saturated carbocycles. The number of piperidine rings is 1. The van der Waals surface area contributed by atoms with Gasteiger partial charge < -0.3 is 19.7 Å². The largest absolute Gasteiger partial charge is 0.497 e. The number of carbonyl (C=O) groups excluding carboxylic acids is 1. The van der Waals surface area contributed by atoms with Crippen molar-refractivity contribution in [2.45, 2.75) is 25.5 Å². The van der Waals surface area contributed by atoms with Gasteiger partial charge in [0.1, 0.15) is 11.9 Å². The van der Waals surface area contributed by atoms with Gasteiger partial charge in [0.15, 0.2) is 0 Å². The third kappa shape index (κ3) is 4.92. The van der Waals surface area contributed by atoms with Gasteiger partial charge in [-0.05, 0) is 29.8 Å². The minimum atomic E-state index is -0.0505. The van der Waals surface area contributed by atoms with Crippen LogP contribution in [0.1, 0.15) is 18.4 Å². The molecule has 0 bridgehead atoms. The van der Waals surface area contributed by atoms with Crippen molar-refractivity contribution in [1.82, 2.24) is 15.2 Å². The van der Waals surface area contributed by atoms with E-state index in [1.807, 2.05) is 47.4 Å². The molecule has 1 N–H and O–H groups in total. The number of benzene rings is 2. The molecule has 1 aliphatic rings. The Morgan fingerprint density at radius 3 is 2.72 bits per heavy atom. The van der Waals surface area contributed by atoms with Gasteiger partial charge in [0.2, 0.25) is 0 Å². The normalized spacial score (nSPS) is 14.8. The summed E-state index contributed by atoms with van der Waals surface area (Å²) < 4.78 is 12.4. The van der Waals surface area contributed by atoms with Crippen molar-refractivity contribution >= 4 is 39.2 Å². The van der Waals surface area contributed by atoms with Crippen molar-refractivity contribution in [3.63, 3.8) is 0 Å². The van der Waals surface area contributed by atoms with E-state index in [1.54, 1.807) is 7.11 Å². The fourth-order valence-electron chi connectivity index (χ4n) is 3.27. The number of amides is 2. The molecule has 2 heterocycles. The van der Waals surface area contributed by atoms with E-state index in [9.17, 15) is 4.79 Å². The Kier molecular flexibility index (Phi) is 6.06. The van der Waals surface area contributed by atoms with E-state index in [1.165, 1.54) is 11.3 Å². The SMILES string of the molecule is COc1ccc2sc(OC3CCN(C(=O)NCc4ccc(Cl)cc4)CC3)nc2c1. The molecular formula is C21H22ClN3O3S. The maximum absolute atomic E-state index is 12.4. The summed E-state index contributed by atoms with van der Waals surface area (Å²) in [6, 6.07) is 13.2. The van der Waals surface area contributed by atoms with Crippen LogP contribution in [0.25, 0.3) is 10.2 Å². The lowest BCUT2D eigenvalue weighted by molar-refractivity contribution is 0.111. The standard InChI is InChI=1S/C21H22ClN3O3S/c1-27-17-6-7-19-18(12-17)24-21(29-19)28-16-8-10-25(11-9-16)20(26)23-13-14-2-4-15(22)5-3-14/h2-7,12,16H,8-11,13H2,1H3,(H,23,26). The number of methoxy groups -OCH3 is 1. The molecule has 3 aromatic rings. The summed E-state index contributed by atoms with van der Waals surface area (Å²) in [5.74, 6) is 0.785. The zero-order chi connectivity index (χ0) is 20.2. The number of hydrogen-bond donors (Lipinski definition) is 1. The van der Waals surface area contributed by atoms with Crippen LogP contribution in [0.3, 0.4) is 0 Å². The number of carbonyl (C=O) groups is 1.